The van der Waals surface area contributed by atoms with Crippen molar-refractivity contribution in [2.24, 2.45) is 0 Å². The highest BCUT2D eigenvalue weighted by atomic mass is 35.5. The largest absolute Gasteiger partial charge is 0.456 e. The lowest BCUT2D eigenvalue weighted by Crippen LogP contribution is -2.44. The van der Waals surface area contributed by atoms with Crippen molar-refractivity contribution in [1.82, 2.24) is 0 Å². The van der Waals surface area contributed by atoms with E-state index in [1.807, 2.05) is 78.9 Å². The van der Waals surface area contributed by atoms with Crippen LogP contribution in [0.5, 0.6) is 11.5 Å². The van der Waals surface area contributed by atoms with Gasteiger partial charge in [0.05, 0.1) is 27.4 Å². The molecular formula is C34H36ClN3O3. The second-order valence-corrected chi connectivity index (χ2v) is 10.3. The summed E-state index contributed by atoms with van der Waals surface area (Å²) in [5.74, 6) is 0.752. The Bertz CT molecular complexity index is 1460. The predicted octanol–water partition coefficient (Wildman–Crippen LogP) is 8.31. The van der Waals surface area contributed by atoms with E-state index in [-0.39, 0.29) is 0 Å². The van der Waals surface area contributed by atoms with E-state index in [9.17, 15) is 4.79 Å². The number of carbonyl (C=O) groups excluding carboxylic acids is 1. The highest BCUT2D eigenvalue weighted by molar-refractivity contribution is 6.33. The molecule has 7 heteroatoms. The molecule has 4 aromatic carbocycles. The molecule has 5 rings (SSSR count). The minimum atomic E-state index is -1.43. The van der Waals surface area contributed by atoms with E-state index < -0.39 is 11.7 Å². The minimum absolute atomic E-state index is 0.446. The molecule has 1 N–H and O–H groups in total. The molecule has 0 atom stereocenters. The molecule has 0 bridgehead atoms. The number of nitrogens with one attached hydrogen (secondary N) is 1. The summed E-state index contributed by atoms with van der Waals surface area (Å²) in [4.78, 5) is 18.3. The van der Waals surface area contributed by atoms with Crippen molar-refractivity contribution in [2.75, 3.05) is 41.3 Å². The highest BCUT2D eigenvalue weighted by Crippen LogP contribution is 2.51. The van der Waals surface area contributed by atoms with Gasteiger partial charge in [0.15, 0.2) is 0 Å². The average molecular weight is 570 g/mol. The lowest BCUT2D eigenvalue weighted by atomic mass is 9.89. The van der Waals surface area contributed by atoms with Crippen LogP contribution in [-0.4, -0.2) is 32.1 Å². The van der Waals surface area contributed by atoms with Gasteiger partial charge in [0.2, 0.25) is 5.72 Å². The third-order valence-corrected chi connectivity index (χ3v) is 7.94. The van der Waals surface area contributed by atoms with E-state index in [0.29, 0.717) is 38.9 Å². The first-order valence-corrected chi connectivity index (χ1v) is 14.6. The number of benzene rings is 4. The molecule has 0 spiro atoms. The van der Waals surface area contributed by atoms with Crippen molar-refractivity contribution in [1.29, 1.82) is 0 Å². The molecular weight excluding hydrogens is 534 g/mol. The number of fused-ring (bicyclic) bond motifs is 2. The topological polar surface area (TPSA) is 54.0 Å². The van der Waals surface area contributed by atoms with E-state index in [0.717, 1.165) is 37.6 Å². The number of halogens is 1. The maximum Gasteiger partial charge on any atom is 0.340 e. The second-order valence-electron chi connectivity index (χ2n) is 9.85. The number of hydrogen-bond donors (Lipinski definition) is 1. The van der Waals surface area contributed by atoms with Crippen molar-refractivity contribution in [3.63, 3.8) is 0 Å². The molecule has 41 heavy (non-hydrogen) atoms. The fraction of sp³-hybridized carbons (Fsp3) is 0.265. The van der Waals surface area contributed by atoms with E-state index in [1.165, 1.54) is 0 Å². The van der Waals surface area contributed by atoms with Crippen LogP contribution in [0.2, 0.25) is 5.02 Å². The predicted molar refractivity (Wildman–Crippen MR) is 168 cm³/mol. The van der Waals surface area contributed by atoms with Gasteiger partial charge in [-0.25, -0.2) is 4.79 Å². The van der Waals surface area contributed by atoms with Gasteiger partial charge in [-0.15, -0.1) is 0 Å². The van der Waals surface area contributed by atoms with Crippen LogP contribution < -0.4 is 19.9 Å². The van der Waals surface area contributed by atoms with Gasteiger partial charge in [-0.3, -0.25) is 0 Å². The van der Waals surface area contributed by atoms with Crippen molar-refractivity contribution in [3.05, 3.63) is 113 Å². The molecule has 0 radical (unpaired) electrons. The lowest BCUT2D eigenvalue weighted by molar-refractivity contribution is 0.00663. The number of hydrogen-bond acceptors (Lipinski definition) is 6. The average Bonchev–Trinajstić information content (AvgIpc) is 3.00. The monoisotopic (exact) mass is 569 g/mol. The SMILES string of the molecule is CCN(CC)c1ccc2c(c1)Oc1cc(N(CC)CC)ccc1C2(Nc1ccccc1Cl)OC(=O)c1ccccc1. The Morgan fingerprint density at radius 3 is 1.78 bits per heavy atom. The molecule has 4 aromatic rings. The Kier molecular flexibility index (Phi) is 8.41. The maximum atomic E-state index is 13.8. The van der Waals surface area contributed by atoms with Crippen molar-refractivity contribution >= 4 is 34.6 Å². The highest BCUT2D eigenvalue weighted by Gasteiger charge is 2.47. The summed E-state index contributed by atoms with van der Waals surface area (Å²) in [6.07, 6.45) is 0. The van der Waals surface area contributed by atoms with Crippen molar-refractivity contribution < 1.29 is 14.3 Å². The Balaban J connectivity index is 1.76. The third-order valence-electron chi connectivity index (χ3n) is 7.61. The fourth-order valence-electron chi connectivity index (χ4n) is 5.40. The molecule has 6 nitrogen and oxygen atoms in total. The Morgan fingerprint density at radius 2 is 1.27 bits per heavy atom. The summed E-state index contributed by atoms with van der Waals surface area (Å²) in [5.41, 5.74) is 3.07. The molecule has 0 saturated carbocycles. The quantitative estimate of drug-likeness (QED) is 0.153. The number of ether oxygens (including phenoxy) is 2. The molecule has 0 amide bonds. The number of para-hydroxylation sites is 1. The number of carbonyl (C=O) groups is 1. The molecule has 1 aliphatic heterocycles. The molecule has 0 unspecified atom stereocenters. The zero-order valence-corrected chi connectivity index (χ0v) is 24.7. The van der Waals surface area contributed by atoms with E-state index in [1.54, 1.807) is 12.1 Å². The number of rotatable bonds is 10. The molecule has 0 aromatic heterocycles. The van der Waals surface area contributed by atoms with Gasteiger partial charge in [-0.1, -0.05) is 41.9 Å². The standard InChI is InChI=1S/C34H36ClN3O3/c1-5-37(6-2)25-18-20-27-31(22-25)40-32-23-26(38(7-3)8-4)19-21-28(32)34(27,36-30-17-13-12-16-29(30)35)41-33(39)24-14-10-9-11-15-24/h9-23,36H,5-8H2,1-4H3. The third kappa shape index (κ3) is 5.44. The van der Waals surface area contributed by atoms with Gasteiger partial charge in [0.1, 0.15) is 11.5 Å². The van der Waals surface area contributed by atoms with Gasteiger partial charge in [0.25, 0.3) is 0 Å². The van der Waals surface area contributed by atoms with Crippen LogP contribution >= 0.6 is 11.6 Å². The Morgan fingerprint density at radius 1 is 0.756 bits per heavy atom. The van der Waals surface area contributed by atoms with Crippen LogP contribution in [0.4, 0.5) is 17.1 Å². The normalized spacial score (nSPS) is 12.9. The second kappa shape index (κ2) is 12.1. The summed E-state index contributed by atoms with van der Waals surface area (Å²) in [6.45, 7) is 11.9. The summed E-state index contributed by atoms with van der Waals surface area (Å²) in [7, 11) is 0. The molecule has 0 saturated heterocycles. The molecule has 1 heterocycles. The summed E-state index contributed by atoms with van der Waals surface area (Å²) in [5, 5.41) is 4.06. The van der Waals surface area contributed by atoms with Crippen LogP contribution in [0.25, 0.3) is 0 Å². The first-order valence-electron chi connectivity index (χ1n) is 14.2. The van der Waals surface area contributed by atoms with Gasteiger partial charge in [0, 0.05) is 49.7 Å². The smallest absolute Gasteiger partial charge is 0.340 e. The summed E-state index contributed by atoms with van der Waals surface area (Å²) < 4.78 is 13.2. The zero-order chi connectivity index (χ0) is 29.0. The van der Waals surface area contributed by atoms with Crippen LogP contribution in [0.3, 0.4) is 0 Å². The minimum Gasteiger partial charge on any atom is -0.456 e. The van der Waals surface area contributed by atoms with Gasteiger partial charge < -0.3 is 24.6 Å². The number of nitrogens with zero attached hydrogens (tertiary/aromatic N) is 2. The van der Waals surface area contributed by atoms with Crippen LogP contribution in [0.15, 0.2) is 91.0 Å². The van der Waals surface area contributed by atoms with E-state index in [2.05, 4.69) is 42.8 Å². The molecule has 212 valence electrons. The molecule has 0 fully saturated rings. The van der Waals surface area contributed by atoms with Crippen LogP contribution in [-0.2, 0) is 10.5 Å². The number of anilines is 3. The first-order chi connectivity index (χ1) is 19.9. The van der Waals surface area contributed by atoms with Crippen LogP contribution in [0, 0.1) is 0 Å². The Labute approximate surface area is 247 Å². The van der Waals surface area contributed by atoms with E-state index >= 15 is 0 Å². The fourth-order valence-corrected chi connectivity index (χ4v) is 5.58. The molecule has 0 aliphatic carbocycles. The Hall–Kier alpha value is -4.16. The van der Waals surface area contributed by atoms with Crippen LogP contribution in [0.1, 0.15) is 49.2 Å². The lowest BCUT2D eigenvalue weighted by Gasteiger charge is -2.41. The van der Waals surface area contributed by atoms with Gasteiger partial charge in [-0.05, 0) is 76.2 Å². The maximum absolute atomic E-state index is 13.8. The molecule has 1 aliphatic rings. The summed E-state index contributed by atoms with van der Waals surface area (Å²) in [6, 6.07) is 28.6. The van der Waals surface area contributed by atoms with E-state index in [4.69, 9.17) is 21.1 Å². The first kappa shape index (κ1) is 28.4. The van der Waals surface area contributed by atoms with Crippen molar-refractivity contribution in [3.8, 4) is 11.5 Å². The zero-order valence-electron chi connectivity index (χ0n) is 24.0. The van der Waals surface area contributed by atoms with Gasteiger partial charge >= 0.3 is 5.97 Å². The van der Waals surface area contributed by atoms with Crippen molar-refractivity contribution in [2.45, 2.75) is 33.4 Å². The number of esters is 1. The van der Waals surface area contributed by atoms with Gasteiger partial charge in [-0.2, -0.15) is 0 Å². The summed E-state index contributed by atoms with van der Waals surface area (Å²) >= 11 is 6.67.